The third kappa shape index (κ3) is 3.45. The Kier molecular flexibility index (Phi) is 3.91. The average molecular weight is 305 g/mol. The Morgan fingerprint density at radius 2 is 2.33 bits per heavy atom. The van der Waals surface area contributed by atoms with E-state index in [0.29, 0.717) is 11.0 Å². The summed E-state index contributed by atoms with van der Waals surface area (Å²) in [6.45, 7) is -3.96. The van der Waals surface area contributed by atoms with E-state index in [1.165, 1.54) is 22.8 Å². The fourth-order valence-electron chi connectivity index (χ4n) is 1.06. The van der Waals surface area contributed by atoms with Gasteiger partial charge in [-0.1, -0.05) is 11.8 Å². The van der Waals surface area contributed by atoms with Crippen molar-refractivity contribution in [2.24, 2.45) is 0 Å². The summed E-state index contributed by atoms with van der Waals surface area (Å²) in [4.78, 5) is 20.8. The minimum absolute atomic E-state index is 0.250. The number of thiol groups is 1. The molecule has 0 amide bonds. The molecule has 11 heteroatoms. The van der Waals surface area contributed by atoms with E-state index in [1.807, 2.05) is 6.26 Å². The molecule has 18 heavy (non-hydrogen) atoms. The van der Waals surface area contributed by atoms with Crippen LogP contribution in [0.5, 0.6) is 6.01 Å². The second kappa shape index (κ2) is 5.27. The van der Waals surface area contributed by atoms with Crippen molar-refractivity contribution in [2.75, 3.05) is 6.26 Å². The largest absolute Gasteiger partial charge is 0.436 e. The van der Waals surface area contributed by atoms with Gasteiger partial charge in [0, 0.05) is 12.3 Å². The van der Waals surface area contributed by atoms with Crippen molar-refractivity contribution in [2.45, 2.75) is 5.16 Å². The summed E-state index contributed by atoms with van der Waals surface area (Å²) in [5.41, 5.74) is 0. The smallest absolute Gasteiger partial charge is 0.381 e. The average Bonchev–Trinajstić information content (AvgIpc) is 2.75. The summed E-state index contributed by atoms with van der Waals surface area (Å²) in [5, 5.41) is 4.42. The van der Waals surface area contributed by atoms with Crippen molar-refractivity contribution in [3.05, 3.63) is 18.6 Å². The number of nitrogens with zero attached hydrogens (tertiary/aromatic N) is 5. The van der Waals surface area contributed by atoms with E-state index in [2.05, 4.69) is 36.8 Å². The molecule has 2 heterocycles. The quantitative estimate of drug-likeness (QED) is 0.376. The topological polar surface area (TPSA) is 103 Å². The van der Waals surface area contributed by atoms with E-state index in [0.717, 1.165) is 0 Å². The lowest BCUT2D eigenvalue weighted by Gasteiger charge is -2.02. The molecule has 0 fully saturated rings. The first-order chi connectivity index (χ1) is 8.48. The molecule has 0 radical (unpaired) electrons. The van der Waals surface area contributed by atoms with Crippen LogP contribution in [0.15, 0.2) is 23.7 Å². The highest BCUT2D eigenvalue weighted by Crippen LogP contribution is 2.45. The van der Waals surface area contributed by atoms with Gasteiger partial charge in [0.1, 0.15) is 6.33 Å². The third-order valence-electron chi connectivity index (χ3n) is 1.71. The zero-order valence-electron chi connectivity index (χ0n) is 9.03. The minimum atomic E-state index is -3.96. The van der Waals surface area contributed by atoms with E-state index >= 15 is 0 Å². The summed E-state index contributed by atoms with van der Waals surface area (Å²) in [7, 11) is 0. The highest BCUT2D eigenvalue weighted by molar-refractivity contribution is 8.44. The molecule has 0 bridgehead atoms. The van der Waals surface area contributed by atoms with Gasteiger partial charge < -0.3 is 9.42 Å². The van der Waals surface area contributed by atoms with Crippen LogP contribution in [0.2, 0.25) is 0 Å². The van der Waals surface area contributed by atoms with Crippen LogP contribution in [0.1, 0.15) is 0 Å². The van der Waals surface area contributed by atoms with Crippen LogP contribution in [-0.2, 0) is 4.57 Å². The molecule has 0 saturated carbocycles. The van der Waals surface area contributed by atoms with Gasteiger partial charge in [0.15, 0.2) is 11.0 Å². The Morgan fingerprint density at radius 3 is 3.00 bits per heavy atom. The highest BCUT2D eigenvalue weighted by Gasteiger charge is 2.17. The van der Waals surface area contributed by atoms with Gasteiger partial charge in [0.05, 0.1) is 0 Å². The summed E-state index contributed by atoms with van der Waals surface area (Å²) in [6, 6.07) is 1.37. The maximum Gasteiger partial charge on any atom is 0.436 e. The van der Waals surface area contributed by atoms with Gasteiger partial charge >= 0.3 is 12.8 Å². The predicted molar refractivity (Wildman–Crippen MR) is 68.2 cm³/mol. The molecular formula is C7H8N5O3PS2. The normalized spacial score (nSPS) is 14.2. The van der Waals surface area contributed by atoms with Crippen molar-refractivity contribution < 1.29 is 14.0 Å². The molecule has 1 N–H and O–H groups in total. The van der Waals surface area contributed by atoms with Gasteiger partial charge in [-0.25, -0.2) is 14.5 Å². The molecule has 0 spiro atoms. The van der Waals surface area contributed by atoms with Gasteiger partial charge in [0.25, 0.3) is 0 Å². The van der Waals surface area contributed by atoms with E-state index < -0.39 is 6.80 Å². The maximum atomic E-state index is 10.9. The molecule has 2 aromatic rings. The van der Waals surface area contributed by atoms with Gasteiger partial charge in [-0.3, -0.25) is 0 Å². The third-order valence-corrected chi connectivity index (χ3v) is 2.92. The Balaban J connectivity index is 2.26. The monoisotopic (exact) mass is 305 g/mol. The number of rotatable bonds is 4. The van der Waals surface area contributed by atoms with Gasteiger partial charge in [0.2, 0.25) is 0 Å². The Labute approximate surface area is 112 Å². The van der Waals surface area contributed by atoms with E-state index in [4.69, 9.17) is 4.89 Å². The SMILES string of the molecule is CSc1nccc(-n2cnc(OP(=O)(O)S)n2)n1. The Morgan fingerprint density at radius 1 is 1.56 bits per heavy atom. The molecule has 2 rings (SSSR count). The lowest BCUT2D eigenvalue weighted by atomic mass is 10.6. The fraction of sp³-hybridized carbons (Fsp3) is 0.143. The lowest BCUT2D eigenvalue weighted by Crippen LogP contribution is -2.00. The second-order valence-corrected chi connectivity index (χ2v) is 6.41. The molecule has 96 valence electrons. The summed E-state index contributed by atoms with van der Waals surface area (Å²) < 4.78 is 16.8. The summed E-state index contributed by atoms with van der Waals surface area (Å²) >= 11 is 4.75. The van der Waals surface area contributed by atoms with Crippen molar-refractivity contribution >= 4 is 30.8 Å². The van der Waals surface area contributed by atoms with Crippen molar-refractivity contribution in [1.82, 2.24) is 24.7 Å². The minimum Gasteiger partial charge on any atom is -0.381 e. The van der Waals surface area contributed by atoms with Crippen molar-refractivity contribution in [3.8, 4) is 11.8 Å². The van der Waals surface area contributed by atoms with E-state index in [1.54, 1.807) is 12.3 Å². The number of hydrogen-bond acceptors (Lipinski definition) is 7. The van der Waals surface area contributed by atoms with E-state index in [9.17, 15) is 4.57 Å². The van der Waals surface area contributed by atoms with Gasteiger partial charge in [-0.05, 0) is 18.5 Å². The summed E-state index contributed by atoms with van der Waals surface area (Å²) in [5.74, 6) is 0.476. The zero-order chi connectivity index (χ0) is 13.2. The van der Waals surface area contributed by atoms with Crippen molar-refractivity contribution in [1.29, 1.82) is 0 Å². The van der Waals surface area contributed by atoms with Gasteiger partial charge in [-0.2, -0.15) is 9.67 Å². The van der Waals surface area contributed by atoms with Crippen LogP contribution < -0.4 is 4.52 Å². The Hall–Kier alpha value is -1.09. The summed E-state index contributed by atoms with van der Waals surface area (Å²) in [6.07, 6.45) is 4.73. The molecule has 8 nitrogen and oxygen atoms in total. The molecule has 2 aromatic heterocycles. The van der Waals surface area contributed by atoms with Gasteiger partial charge in [-0.15, -0.1) is 5.10 Å². The number of hydrogen-bond donors (Lipinski definition) is 2. The van der Waals surface area contributed by atoms with Crippen LogP contribution in [0.4, 0.5) is 0 Å². The van der Waals surface area contributed by atoms with Crippen LogP contribution in [0.3, 0.4) is 0 Å². The first kappa shape index (κ1) is 13.3. The molecule has 0 aliphatic carbocycles. The first-order valence-corrected chi connectivity index (χ1v) is 8.47. The first-order valence-electron chi connectivity index (χ1n) is 4.52. The second-order valence-electron chi connectivity index (χ2n) is 2.96. The molecule has 0 aliphatic heterocycles. The maximum absolute atomic E-state index is 10.9. The fourth-order valence-corrected chi connectivity index (χ4v) is 1.93. The van der Waals surface area contributed by atoms with E-state index in [-0.39, 0.29) is 6.01 Å². The zero-order valence-corrected chi connectivity index (χ0v) is 11.6. The number of aromatic nitrogens is 5. The van der Waals surface area contributed by atoms with Crippen LogP contribution >= 0.6 is 30.8 Å². The highest BCUT2D eigenvalue weighted by atomic mass is 32.7. The van der Waals surface area contributed by atoms with Crippen LogP contribution in [0.25, 0.3) is 5.82 Å². The molecule has 1 unspecified atom stereocenters. The molecule has 0 aromatic carbocycles. The van der Waals surface area contributed by atoms with Crippen LogP contribution in [0, 0.1) is 0 Å². The lowest BCUT2D eigenvalue weighted by molar-refractivity contribution is 0.389. The Bertz CT molecular complexity index is 600. The molecule has 1 atom stereocenters. The van der Waals surface area contributed by atoms with Crippen molar-refractivity contribution in [3.63, 3.8) is 0 Å². The standard InChI is InChI=1S/C7H8N5O3PS2/c1-18-7-8-3-2-5(10-7)12-4-9-6(11-12)15-16(13,14)17/h2-4H,1H3,(H2,13,14,17). The molecular weight excluding hydrogens is 297 g/mol. The molecule has 0 saturated heterocycles. The van der Waals surface area contributed by atoms with Crippen LogP contribution in [-0.4, -0.2) is 35.9 Å². The molecule has 0 aliphatic rings. The predicted octanol–water partition coefficient (Wildman–Crippen LogP) is 1.19. The number of thioether (sulfide) groups is 1.